The number of benzene rings is 1. The SMILES string of the molecule is CCOC(=O)C(F)(F)C(O)c1ccc(CC(C)C)cc1. The van der Waals surface area contributed by atoms with Crippen molar-refractivity contribution in [3.05, 3.63) is 35.4 Å². The van der Waals surface area contributed by atoms with E-state index < -0.39 is 18.0 Å². The quantitative estimate of drug-likeness (QED) is 0.817. The van der Waals surface area contributed by atoms with Gasteiger partial charge in [0.05, 0.1) is 6.61 Å². The van der Waals surface area contributed by atoms with Gasteiger partial charge in [-0.2, -0.15) is 8.78 Å². The number of carbonyl (C=O) groups excluding carboxylic acids is 1. The van der Waals surface area contributed by atoms with Gasteiger partial charge in [-0.1, -0.05) is 38.1 Å². The van der Waals surface area contributed by atoms with Crippen molar-refractivity contribution < 1.29 is 23.4 Å². The van der Waals surface area contributed by atoms with Gasteiger partial charge in [-0.25, -0.2) is 4.79 Å². The highest BCUT2D eigenvalue weighted by molar-refractivity contribution is 5.78. The van der Waals surface area contributed by atoms with Crippen LogP contribution in [-0.4, -0.2) is 23.6 Å². The fourth-order valence-corrected chi connectivity index (χ4v) is 1.86. The van der Waals surface area contributed by atoms with E-state index in [2.05, 4.69) is 18.6 Å². The van der Waals surface area contributed by atoms with Gasteiger partial charge in [-0.05, 0) is 30.4 Å². The van der Waals surface area contributed by atoms with E-state index in [0.717, 1.165) is 12.0 Å². The summed E-state index contributed by atoms with van der Waals surface area (Å²) in [5.74, 6) is -5.21. The fourth-order valence-electron chi connectivity index (χ4n) is 1.86. The summed E-state index contributed by atoms with van der Waals surface area (Å²) in [6, 6.07) is 6.19. The number of rotatable bonds is 6. The summed E-state index contributed by atoms with van der Waals surface area (Å²) in [5, 5.41) is 9.67. The summed E-state index contributed by atoms with van der Waals surface area (Å²) in [6.45, 7) is 5.38. The average molecular weight is 286 g/mol. The molecule has 1 N–H and O–H groups in total. The predicted molar refractivity (Wildman–Crippen MR) is 71.5 cm³/mol. The number of halogens is 2. The largest absolute Gasteiger partial charge is 0.461 e. The molecule has 0 radical (unpaired) electrons. The van der Waals surface area contributed by atoms with Crippen LogP contribution >= 0.6 is 0 Å². The van der Waals surface area contributed by atoms with Crippen LogP contribution in [0.25, 0.3) is 0 Å². The Kier molecular flexibility index (Phi) is 5.62. The maximum atomic E-state index is 13.7. The first-order valence-electron chi connectivity index (χ1n) is 6.61. The molecule has 1 atom stereocenters. The van der Waals surface area contributed by atoms with Gasteiger partial charge in [0.2, 0.25) is 0 Å². The van der Waals surface area contributed by atoms with Crippen LogP contribution in [0.5, 0.6) is 0 Å². The number of aliphatic hydroxyl groups is 1. The number of aliphatic hydroxyl groups excluding tert-OH is 1. The predicted octanol–water partition coefficient (Wildman–Crippen LogP) is 3.12. The molecule has 0 fully saturated rings. The molecule has 20 heavy (non-hydrogen) atoms. The van der Waals surface area contributed by atoms with Crippen LogP contribution in [0.15, 0.2) is 24.3 Å². The van der Waals surface area contributed by atoms with Crippen molar-refractivity contribution in [1.29, 1.82) is 0 Å². The van der Waals surface area contributed by atoms with Crippen molar-refractivity contribution in [2.24, 2.45) is 5.92 Å². The van der Waals surface area contributed by atoms with Gasteiger partial charge in [0, 0.05) is 0 Å². The van der Waals surface area contributed by atoms with Crippen LogP contribution < -0.4 is 0 Å². The normalized spacial score (nSPS) is 13.3. The molecule has 0 aliphatic rings. The number of esters is 1. The number of hydrogen-bond acceptors (Lipinski definition) is 3. The third-order valence-electron chi connectivity index (χ3n) is 2.83. The second-order valence-electron chi connectivity index (χ2n) is 5.09. The van der Waals surface area contributed by atoms with E-state index in [4.69, 9.17) is 0 Å². The van der Waals surface area contributed by atoms with E-state index in [0.29, 0.717) is 5.92 Å². The van der Waals surface area contributed by atoms with Gasteiger partial charge in [0.1, 0.15) is 0 Å². The zero-order valence-corrected chi connectivity index (χ0v) is 11.9. The Bertz CT molecular complexity index is 441. The molecule has 1 aromatic carbocycles. The molecule has 5 heteroatoms. The highest BCUT2D eigenvalue weighted by Gasteiger charge is 2.48. The number of hydrogen-bond donors (Lipinski definition) is 1. The number of alkyl halides is 2. The van der Waals surface area contributed by atoms with Crippen LogP contribution in [0.1, 0.15) is 38.0 Å². The number of ether oxygens (including phenoxy) is 1. The topological polar surface area (TPSA) is 46.5 Å². The van der Waals surface area contributed by atoms with Crippen molar-refractivity contribution in [2.75, 3.05) is 6.61 Å². The minimum absolute atomic E-state index is 0.00411. The van der Waals surface area contributed by atoms with Gasteiger partial charge >= 0.3 is 11.9 Å². The third kappa shape index (κ3) is 4.00. The zero-order valence-electron chi connectivity index (χ0n) is 11.9. The molecule has 0 aliphatic carbocycles. The van der Waals surface area contributed by atoms with Gasteiger partial charge in [-0.3, -0.25) is 0 Å². The second-order valence-corrected chi connectivity index (χ2v) is 5.09. The lowest BCUT2D eigenvalue weighted by molar-refractivity contribution is -0.189. The second kappa shape index (κ2) is 6.79. The first kappa shape index (κ1) is 16.6. The van der Waals surface area contributed by atoms with Crippen LogP contribution in [0.2, 0.25) is 0 Å². The molecule has 1 unspecified atom stereocenters. The summed E-state index contributed by atoms with van der Waals surface area (Å²) in [7, 11) is 0. The first-order valence-corrected chi connectivity index (χ1v) is 6.61. The van der Waals surface area contributed by atoms with E-state index in [1.807, 2.05) is 0 Å². The van der Waals surface area contributed by atoms with E-state index in [1.165, 1.54) is 19.1 Å². The molecule has 0 aromatic heterocycles. The monoisotopic (exact) mass is 286 g/mol. The van der Waals surface area contributed by atoms with Crippen molar-refractivity contribution >= 4 is 5.97 Å². The zero-order chi connectivity index (χ0) is 15.3. The Morgan fingerprint density at radius 3 is 2.30 bits per heavy atom. The minimum atomic E-state index is -3.95. The summed E-state index contributed by atoms with van der Waals surface area (Å²) >= 11 is 0. The molecule has 0 aliphatic heterocycles. The lowest BCUT2D eigenvalue weighted by Crippen LogP contribution is -2.37. The van der Waals surface area contributed by atoms with Crippen molar-refractivity contribution in [3.63, 3.8) is 0 Å². The van der Waals surface area contributed by atoms with Crippen molar-refractivity contribution in [3.8, 4) is 0 Å². The summed E-state index contributed by atoms with van der Waals surface area (Å²) in [5.41, 5.74) is 0.992. The maximum absolute atomic E-state index is 13.7. The first-order chi connectivity index (χ1) is 9.28. The van der Waals surface area contributed by atoms with Crippen molar-refractivity contribution in [2.45, 2.75) is 39.2 Å². The molecule has 0 saturated carbocycles. The molecule has 0 heterocycles. The minimum Gasteiger partial charge on any atom is -0.461 e. The molecule has 0 saturated heterocycles. The molecular formula is C15H20F2O3. The third-order valence-corrected chi connectivity index (χ3v) is 2.83. The van der Waals surface area contributed by atoms with Crippen LogP contribution in [0.3, 0.4) is 0 Å². The average Bonchev–Trinajstić information content (AvgIpc) is 2.38. The molecule has 1 aromatic rings. The van der Waals surface area contributed by atoms with Gasteiger partial charge in [0.25, 0.3) is 0 Å². The van der Waals surface area contributed by atoms with Crippen LogP contribution in [-0.2, 0) is 16.0 Å². The van der Waals surface area contributed by atoms with Gasteiger partial charge in [0.15, 0.2) is 6.10 Å². The molecule has 3 nitrogen and oxygen atoms in total. The smallest absolute Gasteiger partial charge is 0.380 e. The lowest BCUT2D eigenvalue weighted by atomic mass is 9.98. The Morgan fingerprint density at radius 2 is 1.85 bits per heavy atom. The lowest BCUT2D eigenvalue weighted by Gasteiger charge is -2.21. The summed E-state index contributed by atoms with van der Waals surface area (Å²) in [4.78, 5) is 11.2. The Morgan fingerprint density at radius 1 is 1.30 bits per heavy atom. The molecule has 0 amide bonds. The van der Waals surface area contributed by atoms with E-state index in [9.17, 15) is 18.7 Å². The summed E-state index contributed by atoms with van der Waals surface area (Å²) < 4.78 is 31.6. The molecular weight excluding hydrogens is 266 g/mol. The van der Waals surface area contributed by atoms with Crippen molar-refractivity contribution in [1.82, 2.24) is 0 Å². The highest BCUT2D eigenvalue weighted by Crippen LogP contribution is 2.32. The molecule has 0 spiro atoms. The fraction of sp³-hybridized carbons (Fsp3) is 0.533. The summed E-state index contributed by atoms with van der Waals surface area (Å²) in [6.07, 6.45) is -1.38. The van der Waals surface area contributed by atoms with Crippen LogP contribution in [0.4, 0.5) is 8.78 Å². The molecule has 0 bridgehead atoms. The molecule has 1 rings (SSSR count). The Hall–Kier alpha value is -1.49. The maximum Gasteiger partial charge on any atom is 0.380 e. The Balaban J connectivity index is 2.86. The molecule has 112 valence electrons. The highest BCUT2D eigenvalue weighted by atomic mass is 19.3. The Labute approximate surface area is 117 Å². The van der Waals surface area contributed by atoms with Gasteiger partial charge < -0.3 is 9.84 Å². The van der Waals surface area contributed by atoms with E-state index in [-0.39, 0.29) is 12.2 Å². The van der Waals surface area contributed by atoms with E-state index in [1.54, 1.807) is 12.1 Å². The number of carbonyl (C=O) groups is 1. The van der Waals surface area contributed by atoms with Gasteiger partial charge in [-0.15, -0.1) is 0 Å². The standard InChI is InChI=1S/C15H20F2O3/c1-4-20-14(19)15(16,17)13(18)12-7-5-11(6-8-12)9-10(2)3/h5-8,10,13,18H,4,9H2,1-3H3. The van der Waals surface area contributed by atoms with E-state index >= 15 is 0 Å². The van der Waals surface area contributed by atoms with Crippen LogP contribution in [0, 0.1) is 5.92 Å².